The maximum atomic E-state index is 13.7. The number of nitrogens with one attached hydrogen (secondary N) is 2. The lowest BCUT2D eigenvalue weighted by atomic mass is 9.93. The maximum Gasteiger partial charge on any atom is 0.220 e. The molecule has 7 rings (SSSR count). The Morgan fingerprint density at radius 3 is 1.09 bits per heavy atom. The van der Waals surface area contributed by atoms with E-state index >= 15 is 0 Å². The number of allylic oxidation sites excluding steroid dienone is 1. The molecule has 0 spiro atoms. The van der Waals surface area contributed by atoms with Crippen molar-refractivity contribution in [2.24, 2.45) is 0 Å². The summed E-state index contributed by atoms with van der Waals surface area (Å²) in [5.41, 5.74) is 0. The summed E-state index contributed by atoms with van der Waals surface area (Å²) in [6.45, 7) is -0.0805. The minimum absolute atomic E-state index is 0.161. The molecule has 7 aliphatic rings. The van der Waals surface area contributed by atoms with Crippen molar-refractivity contribution in [3.05, 3.63) is 12.2 Å². The quantitative estimate of drug-likeness (QED) is 0.0267. The Balaban J connectivity index is 0.986. The van der Waals surface area contributed by atoms with Gasteiger partial charge in [0.1, 0.15) is 165 Å². The van der Waals surface area contributed by atoms with Gasteiger partial charge in [-0.1, -0.05) is 231 Å². The summed E-state index contributed by atoms with van der Waals surface area (Å²) in [4.78, 5) is 27.0. The fourth-order valence-corrected chi connectivity index (χ4v) is 17.5. The van der Waals surface area contributed by atoms with E-state index in [4.69, 9.17) is 66.3 Å². The molecule has 14 unspecified atom stereocenters. The summed E-state index contributed by atoms with van der Waals surface area (Å²) >= 11 is 0. The second kappa shape index (κ2) is 60.0. The third-order valence-corrected chi connectivity index (χ3v) is 25.4. The average Bonchev–Trinajstić information content (AvgIpc) is 0.762. The molecule has 0 bridgehead atoms. The molecule has 0 saturated carbocycles. The molecule has 744 valence electrons. The lowest BCUT2D eigenvalue weighted by Gasteiger charge is -2.51. The van der Waals surface area contributed by atoms with Crippen LogP contribution in [0.1, 0.15) is 259 Å². The van der Waals surface area contributed by atoms with Crippen LogP contribution in [0.25, 0.3) is 0 Å². The lowest BCUT2D eigenvalue weighted by Crippen LogP contribution is -2.71. The van der Waals surface area contributed by atoms with Crippen LogP contribution in [0.4, 0.5) is 0 Å². The van der Waals surface area contributed by atoms with Gasteiger partial charge in [-0.15, -0.1) is 0 Å². The Morgan fingerprint density at radius 1 is 0.323 bits per heavy atom. The fraction of sp³-hybridized carbons (Fsp3) is 0.955. The standard InChI is InChI=1S/C88H160N2O37/c1-5-7-9-11-13-15-17-19-20-21-22-23-24-25-26-27-28-30-32-34-36-38-40-42-60(99)90-52(53(98)41-39-37-35-33-31-29-18-16-14-12-10-8-6-2)49-114-83-73(111)70(108)76(59(48-96)121-83)122-86-75(113)79(66(104)57(46-94)118-86)125-87-74(112)78(65(103)56(45-93)119-87)124-82-61(89-51(4)97)77(64(102)55(44-92)116-82)123-88-81(127-84-71(109)68(106)62(100)50(3)115-84)80(67(105)58(47-95)120-88)126-85-72(110)69(107)63(101)54(43-91)117-85/h39,41,50,52-59,61-88,91-96,98,100-113H,5-38,40,42-49H2,1-4H3,(H,89,97)(H,90,99)/b41-39+/t50?,52-,53+,54?,55?,56?,57?,58?,59?,61?,62+,63-,64-,65-,66-,67-,68?,69-,70+,71-,72?,73?,74?,75?,76+,77+,78-,79-,80-,81?,82-,83+,84+,85+,86-,87+,88-/m0/s1. The number of amides is 2. The normalized spacial score (nSPS) is 37.9. The predicted molar refractivity (Wildman–Crippen MR) is 450 cm³/mol. The van der Waals surface area contributed by atoms with Crippen molar-refractivity contribution in [1.82, 2.24) is 10.6 Å². The van der Waals surface area contributed by atoms with Gasteiger partial charge in [0.05, 0.1) is 64.5 Å². The monoisotopic (exact) mass is 1840 g/mol. The van der Waals surface area contributed by atoms with E-state index in [9.17, 15) is 117 Å². The van der Waals surface area contributed by atoms with Crippen LogP contribution in [0, 0.1) is 0 Å². The molecular formula is C88H160N2O37. The fourth-order valence-electron chi connectivity index (χ4n) is 17.5. The van der Waals surface area contributed by atoms with Gasteiger partial charge in [-0.05, 0) is 26.2 Å². The summed E-state index contributed by atoms with van der Waals surface area (Å²) in [5, 5.41) is 241. The first-order chi connectivity index (χ1) is 61.1. The Kier molecular flexibility index (Phi) is 52.6. The van der Waals surface area contributed by atoms with E-state index in [1.165, 1.54) is 167 Å². The van der Waals surface area contributed by atoms with Crippen LogP contribution >= 0.6 is 0 Å². The Hall–Kier alpha value is -2.72. The molecule has 0 radical (unpaired) electrons. The number of ether oxygens (including phenoxy) is 14. The molecule has 39 heteroatoms. The molecule has 127 heavy (non-hydrogen) atoms. The minimum Gasteiger partial charge on any atom is -0.394 e. The smallest absolute Gasteiger partial charge is 0.220 e. The summed E-state index contributed by atoms with van der Waals surface area (Å²) < 4.78 is 83.6. The zero-order valence-electron chi connectivity index (χ0n) is 74.8. The molecule has 39 nitrogen and oxygen atoms in total. The highest BCUT2D eigenvalue weighted by Crippen LogP contribution is 2.40. The molecule has 0 aromatic rings. The van der Waals surface area contributed by atoms with Crippen molar-refractivity contribution in [1.29, 1.82) is 0 Å². The molecule has 0 aromatic heterocycles. The van der Waals surface area contributed by atoms with Gasteiger partial charge in [-0.3, -0.25) is 9.59 Å². The first-order valence-electron chi connectivity index (χ1n) is 47.4. The molecular weight excluding hydrogens is 1680 g/mol. The average molecular weight is 1840 g/mol. The number of aliphatic hydroxyl groups excluding tert-OH is 21. The summed E-state index contributed by atoms with van der Waals surface area (Å²) in [5.74, 6) is -1.30. The predicted octanol–water partition coefficient (Wildman–Crippen LogP) is -0.595. The van der Waals surface area contributed by atoms with E-state index < -0.39 is 279 Å². The molecule has 7 aliphatic heterocycles. The second-order valence-corrected chi connectivity index (χ2v) is 35.5. The van der Waals surface area contributed by atoms with Gasteiger partial charge < -0.3 is 184 Å². The topological polar surface area (TPSA) is 612 Å². The van der Waals surface area contributed by atoms with Gasteiger partial charge in [0.15, 0.2) is 44.0 Å². The van der Waals surface area contributed by atoms with E-state index in [-0.39, 0.29) is 12.3 Å². The van der Waals surface area contributed by atoms with Crippen molar-refractivity contribution in [3.8, 4) is 0 Å². The van der Waals surface area contributed by atoms with Crippen molar-refractivity contribution >= 4 is 11.8 Å². The lowest BCUT2D eigenvalue weighted by molar-refractivity contribution is -0.405. The van der Waals surface area contributed by atoms with Gasteiger partial charge in [-0.25, -0.2) is 0 Å². The summed E-state index contributed by atoms with van der Waals surface area (Å²) in [6, 6.07) is -3.05. The Bertz CT molecular complexity index is 2930. The molecule has 7 saturated heterocycles. The third kappa shape index (κ3) is 34.2. The van der Waals surface area contributed by atoms with Gasteiger partial charge in [0, 0.05) is 13.3 Å². The van der Waals surface area contributed by atoms with Crippen LogP contribution in [-0.2, 0) is 75.9 Å². The molecule has 0 aliphatic carbocycles. The van der Waals surface area contributed by atoms with E-state index in [2.05, 4.69) is 24.5 Å². The van der Waals surface area contributed by atoms with Gasteiger partial charge in [0.2, 0.25) is 11.8 Å². The van der Waals surface area contributed by atoms with Gasteiger partial charge in [-0.2, -0.15) is 0 Å². The number of carbonyl (C=O) groups excluding carboxylic acids is 2. The van der Waals surface area contributed by atoms with Crippen LogP contribution in [0.2, 0.25) is 0 Å². The van der Waals surface area contributed by atoms with E-state index in [1.54, 1.807) is 6.08 Å². The number of aliphatic hydroxyl groups is 21. The maximum absolute atomic E-state index is 13.7. The summed E-state index contributed by atoms with van der Waals surface area (Å²) in [6.07, 6.45) is -24.1. The van der Waals surface area contributed by atoms with Crippen LogP contribution in [0.15, 0.2) is 12.2 Å². The third-order valence-electron chi connectivity index (χ3n) is 25.4. The summed E-state index contributed by atoms with van der Waals surface area (Å²) in [7, 11) is 0. The molecule has 2 amide bonds. The SMILES string of the molecule is CCCCCCCCCCCCC/C=C/[C@@H](O)[C@H](CO[C@@H]1OC(CO)[C@@H](O[C@@H]2OC(CO)[C@H](O)[C@H](O[C@H]3OC(CO)[C@H](O)[C@H](O[C@@H]4OC(CO)[C@H](O)[C@H](O[C@@H]5OC(CO)[C@H](O)[C@H](O[C@H]6OC(CO)[C@H](O)[C@H](O)C6O)C5O[C@H]5OC(C)[C@@H](O)C(O)[C@@H]5O)C4NC(C)=O)C3O)C2O)[C@H](O)C1O)NC(=O)CCCCCCCCCCCCCCCCCCCCCCCCC. The van der Waals surface area contributed by atoms with E-state index in [0.717, 1.165) is 58.3 Å². The van der Waals surface area contributed by atoms with Crippen LogP contribution in [0.3, 0.4) is 0 Å². The van der Waals surface area contributed by atoms with Crippen LogP contribution < -0.4 is 10.6 Å². The minimum atomic E-state index is -2.37. The van der Waals surface area contributed by atoms with E-state index in [1.807, 2.05) is 6.08 Å². The molecule has 37 atom stereocenters. The van der Waals surface area contributed by atoms with Crippen molar-refractivity contribution in [3.63, 3.8) is 0 Å². The highest BCUT2D eigenvalue weighted by Gasteiger charge is 2.60. The van der Waals surface area contributed by atoms with Crippen molar-refractivity contribution < 1.29 is 183 Å². The van der Waals surface area contributed by atoms with Crippen LogP contribution in [0.5, 0.6) is 0 Å². The first kappa shape index (κ1) is 111. The second-order valence-electron chi connectivity index (χ2n) is 35.5. The largest absolute Gasteiger partial charge is 0.394 e. The highest BCUT2D eigenvalue weighted by atomic mass is 16.8. The number of hydrogen-bond donors (Lipinski definition) is 23. The zero-order chi connectivity index (χ0) is 92.7. The molecule has 23 N–H and O–H groups in total. The number of unbranched alkanes of at least 4 members (excludes halogenated alkanes) is 33. The molecule has 7 fully saturated rings. The molecule has 7 heterocycles. The molecule has 0 aromatic carbocycles. The van der Waals surface area contributed by atoms with Gasteiger partial charge >= 0.3 is 0 Å². The van der Waals surface area contributed by atoms with Gasteiger partial charge in [0.25, 0.3) is 0 Å². The Labute approximate surface area is 746 Å². The first-order valence-corrected chi connectivity index (χ1v) is 47.4. The zero-order valence-corrected chi connectivity index (χ0v) is 74.8. The van der Waals surface area contributed by atoms with Crippen LogP contribution in [-0.4, -0.2) is 392 Å². The number of carbonyl (C=O) groups is 2. The van der Waals surface area contributed by atoms with Crippen molar-refractivity contribution in [2.75, 3.05) is 46.2 Å². The van der Waals surface area contributed by atoms with Crippen molar-refractivity contribution in [2.45, 2.75) is 486 Å². The highest BCUT2D eigenvalue weighted by molar-refractivity contribution is 5.76. The number of rotatable bonds is 61. The Morgan fingerprint density at radius 2 is 0.646 bits per heavy atom. The van der Waals surface area contributed by atoms with E-state index in [0.29, 0.717) is 12.8 Å². The number of hydrogen-bond acceptors (Lipinski definition) is 37.